The van der Waals surface area contributed by atoms with Gasteiger partial charge in [0, 0.05) is 18.7 Å². The van der Waals surface area contributed by atoms with Gasteiger partial charge in [0.05, 0.1) is 18.1 Å². The monoisotopic (exact) mass is 307 g/mol. The Kier molecular flexibility index (Phi) is 4.14. The van der Waals surface area contributed by atoms with E-state index in [9.17, 15) is 19.7 Å². The van der Waals surface area contributed by atoms with Crippen LogP contribution < -0.4 is 5.32 Å². The zero-order chi connectivity index (χ0) is 16.5. The van der Waals surface area contributed by atoms with Crippen LogP contribution in [0.1, 0.15) is 18.1 Å². The molecule has 1 aliphatic heterocycles. The van der Waals surface area contributed by atoms with Gasteiger partial charge in [-0.2, -0.15) is 0 Å². The average molecular weight is 307 g/mol. The lowest BCUT2D eigenvalue weighted by Crippen LogP contribution is -2.47. The molecule has 2 rings (SSSR count). The quantitative estimate of drug-likeness (QED) is 0.503. The molecule has 0 bridgehead atoms. The van der Waals surface area contributed by atoms with Gasteiger partial charge in [0.1, 0.15) is 5.54 Å². The first-order chi connectivity index (χ1) is 10.3. The number of amides is 3. The van der Waals surface area contributed by atoms with Gasteiger partial charge in [-0.3, -0.25) is 19.8 Å². The molecule has 0 spiro atoms. The highest BCUT2D eigenvalue weighted by Crippen LogP contribution is 2.25. The van der Waals surface area contributed by atoms with E-state index in [1.165, 1.54) is 19.2 Å². The predicted octanol–water partition coefficient (Wildman–Crippen LogP) is 1.36. The van der Waals surface area contributed by atoms with Crippen molar-refractivity contribution in [2.45, 2.75) is 25.9 Å². The molecule has 1 heterocycles. The van der Waals surface area contributed by atoms with Gasteiger partial charge < -0.3 is 10.1 Å². The molecule has 8 heteroatoms. The highest BCUT2D eigenvalue weighted by Gasteiger charge is 2.47. The maximum atomic E-state index is 12.4. The van der Waals surface area contributed by atoms with Crippen molar-refractivity contribution in [3.63, 3.8) is 0 Å². The van der Waals surface area contributed by atoms with Crippen molar-refractivity contribution in [2.75, 3.05) is 13.7 Å². The smallest absolute Gasteiger partial charge is 0.325 e. The molecule has 3 amide bonds. The second kappa shape index (κ2) is 5.72. The van der Waals surface area contributed by atoms with E-state index >= 15 is 0 Å². The Morgan fingerprint density at radius 2 is 2.09 bits per heavy atom. The molecule has 0 saturated carbocycles. The molecule has 1 fully saturated rings. The summed E-state index contributed by atoms with van der Waals surface area (Å²) in [6.07, 6.45) is 0. The van der Waals surface area contributed by atoms with Crippen LogP contribution in [-0.2, 0) is 16.1 Å². The number of nitrogens with zero attached hydrogens (tertiary/aromatic N) is 2. The minimum absolute atomic E-state index is 0.0164. The molecule has 0 aliphatic carbocycles. The van der Waals surface area contributed by atoms with Crippen molar-refractivity contribution in [1.29, 1.82) is 0 Å². The minimum Gasteiger partial charge on any atom is -0.382 e. The van der Waals surface area contributed by atoms with Gasteiger partial charge in [0.2, 0.25) is 0 Å². The standard InChI is InChI=1S/C14H17N3O5/c1-9-10(5-4-6-11(9)17(20)21)7-16-12(18)14(2,8-22-3)15-13(16)19/h4-6H,7-8H2,1-3H3,(H,15,19)/t14-/m0/s1. The van der Waals surface area contributed by atoms with Crippen molar-refractivity contribution in [2.24, 2.45) is 0 Å². The van der Waals surface area contributed by atoms with E-state index in [1.807, 2.05) is 0 Å². The van der Waals surface area contributed by atoms with E-state index in [2.05, 4.69) is 5.32 Å². The van der Waals surface area contributed by atoms with Crippen LogP contribution in [-0.4, -0.2) is 41.0 Å². The molecular weight excluding hydrogens is 290 g/mol. The van der Waals surface area contributed by atoms with E-state index < -0.39 is 22.4 Å². The fourth-order valence-electron chi connectivity index (χ4n) is 2.49. The number of nitrogens with one attached hydrogen (secondary N) is 1. The number of methoxy groups -OCH3 is 1. The van der Waals surface area contributed by atoms with E-state index in [-0.39, 0.29) is 18.8 Å². The Labute approximate surface area is 127 Å². The molecule has 1 atom stereocenters. The molecule has 0 unspecified atom stereocenters. The number of carbonyl (C=O) groups is 2. The molecule has 118 valence electrons. The molecule has 1 saturated heterocycles. The highest BCUT2D eigenvalue weighted by atomic mass is 16.6. The van der Waals surface area contributed by atoms with Crippen LogP contribution in [0.3, 0.4) is 0 Å². The average Bonchev–Trinajstić information content (AvgIpc) is 2.64. The second-order valence-electron chi connectivity index (χ2n) is 5.40. The molecule has 0 aromatic heterocycles. The van der Waals surface area contributed by atoms with Crippen LogP contribution in [0.5, 0.6) is 0 Å². The molecule has 1 N–H and O–H groups in total. The van der Waals surface area contributed by atoms with E-state index in [0.717, 1.165) is 4.90 Å². The van der Waals surface area contributed by atoms with Crippen molar-refractivity contribution in [3.05, 3.63) is 39.4 Å². The van der Waals surface area contributed by atoms with Crippen LogP contribution >= 0.6 is 0 Å². The fourth-order valence-corrected chi connectivity index (χ4v) is 2.49. The summed E-state index contributed by atoms with van der Waals surface area (Å²) < 4.78 is 4.97. The SMILES string of the molecule is COC[C@]1(C)NC(=O)N(Cc2cccc([N+](=O)[O-])c2C)C1=O. The number of urea groups is 1. The summed E-state index contributed by atoms with van der Waals surface area (Å²) >= 11 is 0. The lowest BCUT2D eigenvalue weighted by atomic mass is 10.0. The van der Waals surface area contributed by atoms with Gasteiger partial charge in [0.25, 0.3) is 11.6 Å². The Morgan fingerprint density at radius 3 is 2.68 bits per heavy atom. The third-order valence-electron chi connectivity index (χ3n) is 3.72. The lowest BCUT2D eigenvalue weighted by molar-refractivity contribution is -0.385. The van der Waals surface area contributed by atoms with Crippen LogP contribution in [0, 0.1) is 17.0 Å². The van der Waals surface area contributed by atoms with E-state index in [1.54, 1.807) is 19.9 Å². The summed E-state index contributed by atoms with van der Waals surface area (Å²) in [5.41, 5.74) is -0.155. The van der Waals surface area contributed by atoms with Crippen LogP contribution in [0.15, 0.2) is 18.2 Å². The predicted molar refractivity (Wildman–Crippen MR) is 77.2 cm³/mol. The number of imide groups is 1. The Balaban J connectivity index is 2.28. The number of ether oxygens (including phenoxy) is 1. The normalized spacial score (nSPS) is 21.1. The van der Waals surface area contributed by atoms with Gasteiger partial charge in [-0.15, -0.1) is 0 Å². The summed E-state index contributed by atoms with van der Waals surface area (Å²) in [7, 11) is 1.44. The fraction of sp³-hybridized carbons (Fsp3) is 0.429. The molecule has 22 heavy (non-hydrogen) atoms. The summed E-state index contributed by atoms with van der Waals surface area (Å²) in [6, 6.07) is 4.05. The summed E-state index contributed by atoms with van der Waals surface area (Å²) in [6.45, 7) is 3.22. The van der Waals surface area contributed by atoms with E-state index in [4.69, 9.17) is 4.74 Å². The van der Waals surface area contributed by atoms with Gasteiger partial charge in [-0.25, -0.2) is 4.79 Å². The van der Waals surface area contributed by atoms with Gasteiger partial charge in [-0.1, -0.05) is 12.1 Å². The summed E-state index contributed by atoms with van der Waals surface area (Å²) in [5.74, 6) is -0.412. The van der Waals surface area contributed by atoms with Crippen molar-refractivity contribution in [3.8, 4) is 0 Å². The third kappa shape index (κ3) is 2.64. The largest absolute Gasteiger partial charge is 0.382 e. The Morgan fingerprint density at radius 1 is 1.41 bits per heavy atom. The first-order valence-electron chi connectivity index (χ1n) is 6.66. The van der Waals surface area contributed by atoms with Crippen LogP contribution in [0.2, 0.25) is 0 Å². The van der Waals surface area contributed by atoms with Crippen molar-refractivity contribution >= 4 is 17.6 Å². The number of nitro benzene ring substituents is 1. The molecule has 0 radical (unpaired) electrons. The molecule has 1 aromatic rings. The van der Waals surface area contributed by atoms with Crippen molar-refractivity contribution in [1.82, 2.24) is 10.2 Å². The molecule has 1 aromatic carbocycles. The van der Waals surface area contributed by atoms with Gasteiger partial charge in [-0.05, 0) is 19.4 Å². The molecule has 1 aliphatic rings. The maximum Gasteiger partial charge on any atom is 0.325 e. The molecular formula is C14H17N3O5. The Bertz CT molecular complexity index is 645. The number of carbonyl (C=O) groups excluding carboxylic acids is 2. The number of hydrogen-bond acceptors (Lipinski definition) is 5. The highest BCUT2D eigenvalue weighted by molar-refractivity contribution is 6.06. The maximum absolute atomic E-state index is 12.4. The first-order valence-corrected chi connectivity index (χ1v) is 6.66. The lowest BCUT2D eigenvalue weighted by Gasteiger charge is -2.20. The topological polar surface area (TPSA) is 102 Å². The Hall–Kier alpha value is -2.48. The van der Waals surface area contributed by atoms with Gasteiger partial charge >= 0.3 is 6.03 Å². The van der Waals surface area contributed by atoms with E-state index in [0.29, 0.717) is 11.1 Å². The summed E-state index contributed by atoms with van der Waals surface area (Å²) in [5, 5.41) is 13.5. The number of hydrogen-bond donors (Lipinski definition) is 1. The third-order valence-corrected chi connectivity index (χ3v) is 3.72. The zero-order valence-corrected chi connectivity index (χ0v) is 12.6. The number of nitro groups is 1. The molecule has 8 nitrogen and oxygen atoms in total. The minimum atomic E-state index is -1.11. The number of benzene rings is 1. The zero-order valence-electron chi connectivity index (χ0n) is 12.6. The van der Waals surface area contributed by atoms with Gasteiger partial charge in [0.15, 0.2) is 0 Å². The first kappa shape index (κ1) is 15.9. The summed E-state index contributed by atoms with van der Waals surface area (Å²) in [4.78, 5) is 35.9. The number of rotatable bonds is 5. The van der Waals surface area contributed by atoms with Crippen molar-refractivity contribution < 1.29 is 19.2 Å². The van der Waals surface area contributed by atoms with Crippen LogP contribution in [0.4, 0.5) is 10.5 Å². The second-order valence-corrected chi connectivity index (χ2v) is 5.40. The van der Waals surface area contributed by atoms with Crippen LogP contribution in [0.25, 0.3) is 0 Å².